The lowest BCUT2D eigenvalue weighted by Crippen LogP contribution is -2.33. The summed E-state index contributed by atoms with van der Waals surface area (Å²) >= 11 is 0. The fourth-order valence-electron chi connectivity index (χ4n) is 3.92. The fraction of sp³-hybridized carbons (Fsp3) is 0.409. The Hall–Kier alpha value is -2.30. The van der Waals surface area contributed by atoms with Crippen LogP contribution in [-0.2, 0) is 17.5 Å². The van der Waals surface area contributed by atoms with Gasteiger partial charge in [-0.25, -0.2) is 0 Å². The van der Waals surface area contributed by atoms with Gasteiger partial charge < -0.3 is 4.90 Å². The first kappa shape index (κ1) is 19.5. The van der Waals surface area contributed by atoms with Gasteiger partial charge in [0.2, 0.25) is 5.91 Å². The molecule has 0 bridgehead atoms. The molecule has 1 aliphatic rings. The smallest absolute Gasteiger partial charge is 0.341 e. The van der Waals surface area contributed by atoms with Crippen LogP contribution in [0.25, 0.3) is 11.1 Å². The number of carbonyl (C=O) groups is 1. The van der Waals surface area contributed by atoms with Gasteiger partial charge in [0.05, 0.1) is 5.56 Å². The Morgan fingerprint density at radius 2 is 1.74 bits per heavy atom. The van der Waals surface area contributed by atoms with Crippen LogP contribution in [0.3, 0.4) is 0 Å². The molecule has 0 N–H and O–H groups in total. The van der Waals surface area contributed by atoms with Gasteiger partial charge >= 0.3 is 6.18 Å². The number of nitrogens with zero attached hydrogens (tertiary/aromatic N) is 1. The Bertz CT molecular complexity index is 798. The molecular weight excluding hydrogens is 351 g/mol. The third-order valence-electron chi connectivity index (χ3n) is 5.47. The second-order valence-corrected chi connectivity index (χ2v) is 7.45. The van der Waals surface area contributed by atoms with Gasteiger partial charge in [0.15, 0.2) is 0 Å². The third kappa shape index (κ3) is 4.34. The lowest BCUT2D eigenvalue weighted by atomic mass is 9.96. The molecule has 5 heteroatoms. The van der Waals surface area contributed by atoms with Crippen LogP contribution in [0.2, 0.25) is 0 Å². The van der Waals surface area contributed by atoms with Gasteiger partial charge in [-0.3, -0.25) is 4.79 Å². The van der Waals surface area contributed by atoms with Gasteiger partial charge in [0.1, 0.15) is 0 Å². The Labute approximate surface area is 158 Å². The number of carbonyl (C=O) groups excluding carboxylic acids is 1. The minimum Gasteiger partial charge on any atom is -0.341 e. The summed E-state index contributed by atoms with van der Waals surface area (Å²) < 4.78 is 39.6. The molecule has 0 saturated heterocycles. The van der Waals surface area contributed by atoms with Crippen LogP contribution in [0, 0.1) is 11.8 Å². The normalized spacial score (nSPS) is 19.9. The van der Waals surface area contributed by atoms with E-state index in [1.54, 1.807) is 42.3 Å². The van der Waals surface area contributed by atoms with E-state index in [0.717, 1.165) is 30.9 Å². The number of hydrogen-bond donors (Lipinski definition) is 0. The Morgan fingerprint density at radius 1 is 1.07 bits per heavy atom. The van der Waals surface area contributed by atoms with Crippen LogP contribution in [0.5, 0.6) is 0 Å². The summed E-state index contributed by atoms with van der Waals surface area (Å²) in [5, 5.41) is 0. The zero-order valence-electron chi connectivity index (χ0n) is 15.6. The van der Waals surface area contributed by atoms with Crippen molar-refractivity contribution in [2.24, 2.45) is 11.8 Å². The first-order valence-corrected chi connectivity index (χ1v) is 9.28. The second-order valence-electron chi connectivity index (χ2n) is 7.45. The van der Waals surface area contributed by atoms with Crippen molar-refractivity contribution in [2.75, 3.05) is 7.05 Å². The van der Waals surface area contributed by atoms with Crippen molar-refractivity contribution in [3.8, 4) is 11.1 Å². The van der Waals surface area contributed by atoms with Crippen molar-refractivity contribution in [1.82, 2.24) is 4.90 Å². The SMILES string of the molecule is CC1CCC[C@H]1C(=O)N(C)Cc1ccc(-c2ccccc2C(F)(F)F)cc1. The average Bonchev–Trinajstić information content (AvgIpc) is 3.07. The lowest BCUT2D eigenvalue weighted by molar-refractivity contribution is -0.137. The Morgan fingerprint density at radius 3 is 2.33 bits per heavy atom. The van der Waals surface area contributed by atoms with E-state index in [1.165, 1.54) is 12.1 Å². The summed E-state index contributed by atoms with van der Waals surface area (Å²) in [5.41, 5.74) is 0.954. The molecule has 1 amide bonds. The number of halogens is 3. The van der Waals surface area contributed by atoms with Gasteiger partial charge in [0.25, 0.3) is 0 Å². The molecule has 1 aliphatic carbocycles. The molecule has 2 aromatic rings. The zero-order valence-corrected chi connectivity index (χ0v) is 15.6. The van der Waals surface area contributed by atoms with Gasteiger partial charge in [-0.2, -0.15) is 13.2 Å². The van der Waals surface area contributed by atoms with Crippen molar-refractivity contribution in [3.05, 3.63) is 59.7 Å². The topological polar surface area (TPSA) is 20.3 Å². The average molecular weight is 375 g/mol. The van der Waals surface area contributed by atoms with Crippen LogP contribution in [0.1, 0.15) is 37.3 Å². The standard InChI is InChI=1S/C22H24F3NO/c1-15-6-5-8-18(15)21(27)26(2)14-16-10-12-17(13-11-16)19-7-3-4-9-20(19)22(23,24)25/h3-4,7,9-13,15,18H,5-6,8,14H2,1-2H3/t15?,18-/m1/s1. The highest BCUT2D eigenvalue weighted by Gasteiger charge is 2.33. The number of hydrogen-bond acceptors (Lipinski definition) is 1. The van der Waals surface area contributed by atoms with Crippen molar-refractivity contribution in [3.63, 3.8) is 0 Å². The number of benzene rings is 2. The molecule has 0 aromatic heterocycles. The zero-order chi connectivity index (χ0) is 19.6. The maximum atomic E-state index is 13.2. The van der Waals surface area contributed by atoms with Crippen molar-refractivity contribution < 1.29 is 18.0 Å². The molecular formula is C22H24F3NO. The molecule has 2 atom stereocenters. The van der Waals surface area contributed by atoms with Crippen LogP contribution in [-0.4, -0.2) is 17.9 Å². The minimum atomic E-state index is -4.39. The largest absolute Gasteiger partial charge is 0.417 e. The quantitative estimate of drug-likeness (QED) is 0.665. The molecule has 1 unspecified atom stereocenters. The molecule has 0 spiro atoms. The molecule has 0 radical (unpaired) electrons. The van der Waals surface area contributed by atoms with Crippen LogP contribution in [0.15, 0.2) is 48.5 Å². The van der Waals surface area contributed by atoms with Crippen molar-refractivity contribution >= 4 is 5.91 Å². The van der Waals surface area contributed by atoms with Gasteiger partial charge in [-0.15, -0.1) is 0 Å². The fourth-order valence-corrected chi connectivity index (χ4v) is 3.92. The summed E-state index contributed by atoms with van der Waals surface area (Å²) in [7, 11) is 1.79. The predicted octanol–water partition coefficient (Wildman–Crippen LogP) is 5.77. The Kier molecular flexibility index (Phi) is 5.59. The second kappa shape index (κ2) is 7.75. The monoisotopic (exact) mass is 375 g/mol. The highest BCUT2D eigenvalue weighted by atomic mass is 19.4. The molecule has 1 saturated carbocycles. The summed E-state index contributed by atoms with van der Waals surface area (Å²) in [5.74, 6) is 0.667. The predicted molar refractivity (Wildman–Crippen MR) is 99.9 cm³/mol. The number of rotatable bonds is 4. The van der Waals surface area contributed by atoms with E-state index >= 15 is 0 Å². The van der Waals surface area contributed by atoms with Gasteiger partial charge in [-0.1, -0.05) is 55.8 Å². The summed E-state index contributed by atoms with van der Waals surface area (Å²) in [4.78, 5) is 14.3. The van der Waals surface area contributed by atoms with E-state index in [9.17, 15) is 18.0 Å². The number of alkyl halides is 3. The van der Waals surface area contributed by atoms with E-state index in [0.29, 0.717) is 18.0 Å². The molecule has 144 valence electrons. The molecule has 0 aliphatic heterocycles. The van der Waals surface area contributed by atoms with Gasteiger partial charge in [-0.05, 0) is 41.5 Å². The van der Waals surface area contributed by atoms with E-state index in [1.807, 2.05) is 0 Å². The highest BCUT2D eigenvalue weighted by Crippen LogP contribution is 2.37. The summed E-state index contributed by atoms with van der Waals surface area (Å²) in [6.07, 6.45) is -1.26. The molecule has 1 fully saturated rings. The summed E-state index contributed by atoms with van der Waals surface area (Å²) in [6, 6.07) is 12.5. The van der Waals surface area contributed by atoms with Gasteiger partial charge in [0, 0.05) is 19.5 Å². The number of amides is 1. The van der Waals surface area contributed by atoms with Crippen LogP contribution < -0.4 is 0 Å². The first-order chi connectivity index (χ1) is 12.8. The van der Waals surface area contributed by atoms with E-state index < -0.39 is 11.7 Å². The van der Waals surface area contributed by atoms with Crippen LogP contribution in [0.4, 0.5) is 13.2 Å². The third-order valence-corrected chi connectivity index (χ3v) is 5.47. The molecule has 2 aromatic carbocycles. The Balaban J connectivity index is 1.74. The van der Waals surface area contributed by atoms with Crippen LogP contribution >= 0.6 is 0 Å². The van der Waals surface area contributed by atoms with E-state index in [2.05, 4.69) is 6.92 Å². The first-order valence-electron chi connectivity index (χ1n) is 9.28. The maximum absolute atomic E-state index is 13.2. The molecule has 0 heterocycles. The molecule has 27 heavy (non-hydrogen) atoms. The van der Waals surface area contributed by atoms with Crippen molar-refractivity contribution in [1.29, 1.82) is 0 Å². The molecule has 2 nitrogen and oxygen atoms in total. The lowest BCUT2D eigenvalue weighted by Gasteiger charge is -2.23. The maximum Gasteiger partial charge on any atom is 0.417 e. The van der Waals surface area contributed by atoms with E-state index in [4.69, 9.17) is 0 Å². The summed E-state index contributed by atoms with van der Waals surface area (Å²) in [6.45, 7) is 2.58. The molecule has 3 rings (SSSR count). The van der Waals surface area contributed by atoms with E-state index in [-0.39, 0.29) is 17.4 Å². The highest BCUT2D eigenvalue weighted by molar-refractivity contribution is 5.79. The minimum absolute atomic E-state index is 0.0907. The van der Waals surface area contributed by atoms with Crippen molar-refractivity contribution in [2.45, 2.75) is 38.9 Å².